The summed E-state index contributed by atoms with van der Waals surface area (Å²) < 4.78 is 2.23. The summed E-state index contributed by atoms with van der Waals surface area (Å²) in [6.07, 6.45) is 1.28. The summed E-state index contributed by atoms with van der Waals surface area (Å²) in [5.41, 5.74) is 3.86. The van der Waals surface area contributed by atoms with Crippen LogP contribution in [0.2, 0.25) is 5.02 Å². The Morgan fingerprint density at radius 1 is 1.17 bits per heavy atom. The Kier molecular flexibility index (Phi) is 4.34. The van der Waals surface area contributed by atoms with E-state index in [1.54, 1.807) is 0 Å². The van der Waals surface area contributed by atoms with Gasteiger partial charge in [0.25, 0.3) is 0 Å². The number of aryl methyl sites for hydroxylation is 1. The van der Waals surface area contributed by atoms with E-state index >= 15 is 0 Å². The zero-order valence-electron chi connectivity index (χ0n) is 16.0. The van der Waals surface area contributed by atoms with Gasteiger partial charge in [0, 0.05) is 53.4 Å². The van der Waals surface area contributed by atoms with E-state index < -0.39 is 5.41 Å². The van der Waals surface area contributed by atoms with Crippen LogP contribution in [0.5, 0.6) is 0 Å². The van der Waals surface area contributed by atoms with Crippen molar-refractivity contribution < 1.29 is 4.79 Å². The van der Waals surface area contributed by atoms with Gasteiger partial charge in [-0.25, -0.2) is 0 Å². The summed E-state index contributed by atoms with van der Waals surface area (Å²) in [5, 5.41) is 14.0. The molecule has 5 nitrogen and oxygen atoms in total. The molecular formula is C23H21ClN4O. The number of unbranched alkanes of at least 4 members (excludes halogenated alkanes) is 1. The van der Waals surface area contributed by atoms with Gasteiger partial charge in [0.2, 0.25) is 5.91 Å². The Balaban J connectivity index is 1.56. The molecule has 3 aromatic rings. The molecular weight excluding hydrogens is 384 g/mol. The van der Waals surface area contributed by atoms with Crippen LogP contribution in [0.4, 0.5) is 5.69 Å². The van der Waals surface area contributed by atoms with Crippen molar-refractivity contribution in [2.45, 2.75) is 31.3 Å². The molecule has 0 bridgehead atoms. The van der Waals surface area contributed by atoms with Crippen LogP contribution < -0.4 is 10.2 Å². The zero-order chi connectivity index (χ0) is 20.0. The van der Waals surface area contributed by atoms with Crippen LogP contribution in [0.3, 0.4) is 0 Å². The van der Waals surface area contributed by atoms with Gasteiger partial charge in [-0.15, -0.1) is 0 Å². The molecule has 2 aromatic carbocycles. The van der Waals surface area contributed by atoms with E-state index in [9.17, 15) is 4.79 Å². The SMILES string of the molecule is N#CCCCn1c(CN2C(=O)C3(CNC3)c3ccccc32)cc2cc(Cl)ccc21. The van der Waals surface area contributed by atoms with Crippen molar-refractivity contribution in [3.8, 4) is 6.07 Å². The third-order valence-corrected chi connectivity index (χ3v) is 6.39. The topological polar surface area (TPSA) is 61.1 Å². The van der Waals surface area contributed by atoms with Crippen molar-refractivity contribution in [2.75, 3.05) is 18.0 Å². The predicted octanol–water partition coefficient (Wildman–Crippen LogP) is 3.99. The van der Waals surface area contributed by atoms with E-state index in [1.165, 1.54) is 0 Å². The Morgan fingerprint density at radius 2 is 2.00 bits per heavy atom. The number of nitrogens with zero attached hydrogens (tertiary/aromatic N) is 3. The third kappa shape index (κ3) is 2.75. The minimum absolute atomic E-state index is 0.171. The molecule has 29 heavy (non-hydrogen) atoms. The van der Waals surface area contributed by atoms with E-state index in [2.05, 4.69) is 28.1 Å². The maximum atomic E-state index is 13.4. The Morgan fingerprint density at radius 3 is 2.76 bits per heavy atom. The largest absolute Gasteiger partial charge is 0.343 e. The molecule has 0 atom stereocenters. The molecule has 0 radical (unpaired) electrons. The normalized spacial score (nSPS) is 16.8. The number of anilines is 1. The van der Waals surface area contributed by atoms with E-state index in [4.69, 9.17) is 16.9 Å². The van der Waals surface area contributed by atoms with Crippen LogP contribution in [0.15, 0.2) is 48.5 Å². The molecule has 2 aliphatic rings. The number of nitriles is 1. The highest BCUT2D eigenvalue weighted by atomic mass is 35.5. The number of carbonyl (C=O) groups excluding carboxylic acids is 1. The van der Waals surface area contributed by atoms with Gasteiger partial charge < -0.3 is 14.8 Å². The van der Waals surface area contributed by atoms with Crippen LogP contribution in [0.1, 0.15) is 24.1 Å². The van der Waals surface area contributed by atoms with Gasteiger partial charge in [-0.3, -0.25) is 4.79 Å². The second-order valence-electron chi connectivity index (χ2n) is 7.85. The molecule has 2 aliphatic heterocycles. The first-order valence-electron chi connectivity index (χ1n) is 9.91. The van der Waals surface area contributed by atoms with Gasteiger partial charge in [0.15, 0.2) is 0 Å². The molecule has 5 rings (SSSR count). The summed E-state index contributed by atoms with van der Waals surface area (Å²) in [7, 11) is 0. The van der Waals surface area contributed by atoms with Crippen LogP contribution >= 0.6 is 11.6 Å². The second-order valence-corrected chi connectivity index (χ2v) is 8.28. The van der Waals surface area contributed by atoms with Crippen molar-refractivity contribution >= 4 is 34.1 Å². The summed E-state index contributed by atoms with van der Waals surface area (Å²) in [6, 6.07) is 18.3. The first-order valence-corrected chi connectivity index (χ1v) is 10.3. The summed E-state index contributed by atoms with van der Waals surface area (Å²) in [6.45, 7) is 2.64. The number of halogens is 1. The Hall–Kier alpha value is -2.81. The average Bonchev–Trinajstić information content (AvgIpc) is 3.14. The number of carbonyl (C=O) groups is 1. The maximum absolute atomic E-state index is 13.4. The summed E-state index contributed by atoms with van der Waals surface area (Å²) >= 11 is 6.21. The standard InChI is InChI=1S/C23H21ClN4O/c24-17-7-8-20-16(11-17)12-18(27(20)10-4-3-9-25)13-28-21-6-2-1-5-19(21)23(22(28)29)14-26-15-23/h1-2,5-8,11-12,26H,3-4,10,13-15H2. The van der Waals surface area contributed by atoms with Crippen molar-refractivity contribution in [3.05, 3.63) is 64.8 Å². The van der Waals surface area contributed by atoms with Crippen LogP contribution in [-0.2, 0) is 23.3 Å². The molecule has 1 amide bonds. The Bertz CT molecular complexity index is 1160. The van der Waals surface area contributed by atoms with Gasteiger partial charge in [-0.1, -0.05) is 29.8 Å². The highest BCUT2D eigenvalue weighted by molar-refractivity contribution is 6.31. The molecule has 1 saturated heterocycles. The lowest BCUT2D eigenvalue weighted by Gasteiger charge is -2.38. The summed E-state index contributed by atoms with van der Waals surface area (Å²) in [4.78, 5) is 15.3. The third-order valence-electron chi connectivity index (χ3n) is 6.16. The maximum Gasteiger partial charge on any atom is 0.240 e. The van der Waals surface area contributed by atoms with Gasteiger partial charge in [0.1, 0.15) is 5.41 Å². The van der Waals surface area contributed by atoms with Crippen molar-refractivity contribution in [3.63, 3.8) is 0 Å². The highest BCUT2D eigenvalue weighted by Gasteiger charge is 2.54. The number of amides is 1. The van der Waals surface area contributed by atoms with Crippen LogP contribution in [0, 0.1) is 11.3 Å². The van der Waals surface area contributed by atoms with Gasteiger partial charge in [-0.05, 0) is 42.3 Å². The van der Waals surface area contributed by atoms with E-state index in [1.807, 2.05) is 41.3 Å². The van der Waals surface area contributed by atoms with E-state index in [-0.39, 0.29) is 5.91 Å². The van der Waals surface area contributed by atoms with Gasteiger partial charge in [-0.2, -0.15) is 5.26 Å². The van der Waals surface area contributed by atoms with Crippen LogP contribution in [-0.4, -0.2) is 23.6 Å². The molecule has 3 heterocycles. The van der Waals surface area contributed by atoms with E-state index in [0.29, 0.717) is 31.1 Å². The molecule has 6 heteroatoms. The molecule has 1 spiro atoms. The first kappa shape index (κ1) is 18.2. The second kappa shape index (κ2) is 6.91. The van der Waals surface area contributed by atoms with Crippen molar-refractivity contribution in [2.24, 2.45) is 0 Å². The monoisotopic (exact) mass is 404 g/mol. The lowest BCUT2D eigenvalue weighted by atomic mass is 9.76. The molecule has 1 fully saturated rings. The fraction of sp³-hybridized carbons (Fsp3) is 0.304. The minimum atomic E-state index is -0.419. The molecule has 1 N–H and O–H groups in total. The number of hydrogen-bond donors (Lipinski definition) is 1. The number of fused-ring (bicyclic) bond motifs is 3. The number of para-hydroxylation sites is 1. The number of rotatable bonds is 5. The molecule has 0 saturated carbocycles. The fourth-order valence-corrected chi connectivity index (χ4v) is 4.82. The lowest BCUT2D eigenvalue weighted by molar-refractivity contribution is -0.125. The summed E-state index contributed by atoms with van der Waals surface area (Å²) in [5.74, 6) is 0.171. The van der Waals surface area contributed by atoms with Crippen LogP contribution in [0.25, 0.3) is 10.9 Å². The van der Waals surface area contributed by atoms with E-state index in [0.717, 1.165) is 40.8 Å². The number of benzene rings is 2. The quantitative estimate of drug-likeness (QED) is 0.654. The lowest BCUT2D eigenvalue weighted by Crippen LogP contribution is -2.61. The van der Waals surface area contributed by atoms with Gasteiger partial charge >= 0.3 is 0 Å². The molecule has 0 aliphatic carbocycles. The molecule has 146 valence electrons. The zero-order valence-corrected chi connectivity index (χ0v) is 16.7. The number of hydrogen-bond acceptors (Lipinski definition) is 3. The minimum Gasteiger partial charge on any atom is -0.343 e. The Labute approximate surface area is 174 Å². The van der Waals surface area contributed by atoms with Crippen molar-refractivity contribution in [1.29, 1.82) is 5.26 Å². The van der Waals surface area contributed by atoms with Gasteiger partial charge in [0.05, 0.1) is 12.6 Å². The molecule has 0 unspecified atom stereocenters. The molecule has 1 aromatic heterocycles. The first-order chi connectivity index (χ1) is 14.1. The fourth-order valence-electron chi connectivity index (χ4n) is 4.64. The predicted molar refractivity (Wildman–Crippen MR) is 114 cm³/mol. The number of aromatic nitrogens is 1. The smallest absolute Gasteiger partial charge is 0.240 e. The average molecular weight is 405 g/mol. The highest BCUT2D eigenvalue weighted by Crippen LogP contribution is 2.45. The number of nitrogens with one attached hydrogen (secondary N) is 1. The van der Waals surface area contributed by atoms with Crippen molar-refractivity contribution in [1.82, 2.24) is 9.88 Å².